The van der Waals surface area contributed by atoms with Crippen molar-refractivity contribution < 1.29 is 5.11 Å². The van der Waals surface area contributed by atoms with Crippen molar-refractivity contribution in [2.24, 2.45) is 5.41 Å². The second-order valence-electron chi connectivity index (χ2n) is 4.68. The molecule has 0 atom stereocenters. The van der Waals surface area contributed by atoms with Crippen LogP contribution in [0.1, 0.15) is 26.7 Å². The summed E-state index contributed by atoms with van der Waals surface area (Å²) in [6.45, 7) is 5.36. The molecule has 0 aliphatic rings. The Kier molecular flexibility index (Phi) is 5.03. The first kappa shape index (κ1) is 13.3. The molecule has 0 aromatic carbocycles. The Labute approximate surface area is 102 Å². The third kappa shape index (κ3) is 4.37. The van der Waals surface area contributed by atoms with Crippen molar-refractivity contribution in [2.75, 3.05) is 18.5 Å². The van der Waals surface area contributed by atoms with Crippen molar-refractivity contribution in [3.63, 3.8) is 0 Å². The van der Waals surface area contributed by atoms with E-state index in [0.29, 0.717) is 5.02 Å². The van der Waals surface area contributed by atoms with Crippen LogP contribution < -0.4 is 5.32 Å². The number of nitrogens with one attached hydrogen (secondary N) is 1. The monoisotopic (exact) mass is 242 g/mol. The highest BCUT2D eigenvalue weighted by Gasteiger charge is 2.17. The molecule has 2 N–H and O–H groups in total. The Balaban J connectivity index is 2.47. The maximum Gasteiger partial charge on any atom is 0.144 e. The van der Waals surface area contributed by atoms with Gasteiger partial charge in [0.25, 0.3) is 0 Å². The van der Waals surface area contributed by atoms with Gasteiger partial charge in [-0.2, -0.15) is 0 Å². The van der Waals surface area contributed by atoms with Crippen molar-refractivity contribution in [3.05, 3.63) is 23.4 Å². The van der Waals surface area contributed by atoms with Gasteiger partial charge in [-0.3, -0.25) is 0 Å². The van der Waals surface area contributed by atoms with Gasteiger partial charge in [-0.1, -0.05) is 25.4 Å². The lowest BCUT2D eigenvalue weighted by Gasteiger charge is -2.25. The van der Waals surface area contributed by atoms with E-state index in [4.69, 9.17) is 16.7 Å². The fourth-order valence-electron chi connectivity index (χ4n) is 1.48. The van der Waals surface area contributed by atoms with E-state index in [1.165, 1.54) is 0 Å². The van der Waals surface area contributed by atoms with E-state index in [1.807, 2.05) is 12.1 Å². The van der Waals surface area contributed by atoms with E-state index >= 15 is 0 Å². The van der Waals surface area contributed by atoms with Gasteiger partial charge >= 0.3 is 0 Å². The van der Waals surface area contributed by atoms with E-state index in [1.54, 1.807) is 6.20 Å². The summed E-state index contributed by atoms with van der Waals surface area (Å²) in [5.41, 5.74) is 0.129. The molecule has 0 saturated carbocycles. The summed E-state index contributed by atoms with van der Waals surface area (Å²) in [7, 11) is 0. The fraction of sp³-hybridized carbons (Fsp3) is 0.583. The molecular weight excluding hydrogens is 224 g/mol. The first-order valence-corrected chi connectivity index (χ1v) is 5.88. The quantitative estimate of drug-likeness (QED) is 0.806. The van der Waals surface area contributed by atoms with Gasteiger partial charge in [0, 0.05) is 19.3 Å². The Bertz CT molecular complexity index is 329. The molecule has 1 heterocycles. The standard InChI is InChI=1S/C12H19ClN2O/c1-12(2,6-4-8-16)9-15-11-10(13)5-3-7-14-11/h3,5,7,16H,4,6,8-9H2,1-2H3,(H,14,15). The van der Waals surface area contributed by atoms with Crippen molar-refractivity contribution in [2.45, 2.75) is 26.7 Å². The topological polar surface area (TPSA) is 45.1 Å². The Hall–Kier alpha value is -0.800. The first-order chi connectivity index (χ1) is 7.55. The van der Waals surface area contributed by atoms with Crippen molar-refractivity contribution in [1.29, 1.82) is 0 Å². The van der Waals surface area contributed by atoms with E-state index in [2.05, 4.69) is 24.1 Å². The molecule has 0 aliphatic heterocycles. The van der Waals surface area contributed by atoms with Crippen LogP contribution >= 0.6 is 11.6 Å². The number of hydrogen-bond donors (Lipinski definition) is 2. The zero-order chi connectivity index (χ0) is 12.0. The minimum Gasteiger partial charge on any atom is -0.396 e. The smallest absolute Gasteiger partial charge is 0.144 e. The maximum absolute atomic E-state index is 8.81. The Morgan fingerprint density at radius 1 is 1.50 bits per heavy atom. The molecule has 1 aromatic rings. The average Bonchev–Trinajstić information content (AvgIpc) is 2.26. The molecule has 16 heavy (non-hydrogen) atoms. The van der Waals surface area contributed by atoms with Gasteiger partial charge in [0.1, 0.15) is 5.82 Å². The highest BCUT2D eigenvalue weighted by atomic mass is 35.5. The molecular formula is C12H19ClN2O. The van der Waals surface area contributed by atoms with Crippen LogP contribution in [0.25, 0.3) is 0 Å². The molecule has 0 fully saturated rings. The molecule has 0 saturated heterocycles. The van der Waals surface area contributed by atoms with Crippen LogP contribution in [0.2, 0.25) is 5.02 Å². The van der Waals surface area contributed by atoms with Gasteiger partial charge in [0.05, 0.1) is 5.02 Å². The lowest BCUT2D eigenvalue weighted by molar-refractivity contribution is 0.248. The van der Waals surface area contributed by atoms with Gasteiger partial charge < -0.3 is 10.4 Å². The molecule has 4 heteroatoms. The van der Waals surface area contributed by atoms with Crippen LogP contribution in [0.3, 0.4) is 0 Å². The van der Waals surface area contributed by atoms with Crippen LogP contribution in [-0.2, 0) is 0 Å². The Morgan fingerprint density at radius 2 is 2.25 bits per heavy atom. The van der Waals surface area contributed by atoms with Crippen molar-refractivity contribution in [3.8, 4) is 0 Å². The lowest BCUT2D eigenvalue weighted by atomic mass is 9.88. The molecule has 0 unspecified atom stereocenters. The largest absolute Gasteiger partial charge is 0.396 e. The molecule has 0 spiro atoms. The minimum absolute atomic E-state index is 0.129. The molecule has 1 rings (SSSR count). The van der Waals surface area contributed by atoms with Gasteiger partial charge in [-0.15, -0.1) is 0 Å². The normalized spacial score (nSPS) is 11.5. The predicted octanol–water partition coefficient (Wildman–Crippen LogP) is 2.95. The lowest BCUT2D eigenvalue weighted by Crippen LogP contribution is -2.23. The van der Waals surface area contributed by atoms with Gasteiger partial charge in [-0.05, 0) is 30.4 Å². The second kappa shape index (κ2) is 6.06. The number of halogens is 1. The van der Waals surface area contributed by atoms with Crippen molar-refractivity contribution in [1.82, 2.24) is 4.98 Å². The SMILES string of the molecule is CC(C)(CCCO)CNc1ncccc1Cl. The number of aliphatic hydroxyl groups is 1. The summed E-state index contributed by atoms with van der Waals surface area (Å²) in [6.07, 6.45) is 3.51. The maximum atomic E-state index is 8.81. The summed E-state index contributed by atoms with van der Waals surface area (Å²) >= 11 is 5.99. The molecule has 0 amide bonds. The number of aromatic nitrogens is 1. The van der Waals surface area contributed by atoms with Crippen LogP contribution in [0.15, 0.2) is 18.3 Å². The first-order valence-electron chi connectivity index (χ1n) is 5.50. The molecule has 0 aliphatic carbocycles. The Morgan fingerprint density at radius 3 is 2.88 bits per heavy atom. The van der Waals surface area contributed by atoms with Crippen LogP contribution in [0.5, 0.6) is 0 Å². The number of pyridine rings is 1. The van der Waals surface area contributed by atoms with Gasteiger partial charge in [-0.25, -0.2) is 4.98 Å². The molecule has 0 radical (unpaired) electrons. The highest BCUT2D eigenvalue weighted by molar-refractivity contribution is 6.32. The number of hydrogen-bond acceptors (Lipinski definition) is 3. The third-order valence-electron chi connectivity index (χ3n) is 2.50. The van der Waals surface area contributed by atoms with E-state index in [0.717, 1.165) is 25.2 Å². The zero-order valence-electron chi connectivity index (χ0n) is 9.83. The number of aliphatic hydroxyl groups excluding tert-OH is 1. The molecule has 1 aromatic heterocycles. The summed E-state index contributed by atoms with van der Waals surface area (Å²) in [5, 5.41) is 12.7. The zero-order valence-corrected chi connectivity index (χ0v) is 10.6. The van der Waals surface area contributed by atoms with Crippen molar-refractivity contribution >= 4 is 17.4 Å². The van der Waals surface area contributed by atoms with E-state index in [9.17, 15) is 0 Å². The third-order valence-corrected chi connectivity index (χ3v) is 2.81. The van der Waals surface area contributed by atoms with Crippen LogP contribution in [0, 0.1) is 5.41 Å². The molecule has 90 valence electrons. The van der Waals surface area contributed by atoms with Crippen LogP contribution in [0.4, 0.5) is 5.82 Å². The summed E-state index contributed by atoms with van der Waals surface area (Å²) in [6, 6.07) is 3.63. The number of anilines is 1. The molecule has 3 nitrogen and oxygen atoms in total. The predicted molar refractivity (Wildman–Crippen MR) is 67.8 cm³/mol. The van der Waals surface area contributed by atoms with Crippen LogP contribution in [-0.4, -0.2) is 23.2 Å². The number of nitrogens with zero attached hydrogens (tertiary/aromatic N) is 1. The summed E-state index contributed by atoms with van der Waals surface area (Å²) in [4.78, 5) is 4.17. The second-order valence-corrected chi connectivity index (χ2v) is 5.09. The minimum atomic E-state index is 0.129. The number of rotatable bonds is 6. The van der Waals surface area contributed by atoms with E-state index < -0.39 is 0 Å². The van der Waals surface area contributed by atoms with Gasteiger partial charge in [0.2, 0.25) is 0 Å². The van der Waals surface area contributed by atoms with E-state index in [-0.39, 0.29) is 12.0 Å². The summed E-state index contributed by atoms with van der Waals surface area (Å²) < 4.78 is 0. The highest BCUT2D eigenvalue weighted by Crippen LogP contribution is 2.24. The van der Waals surface area contributed by atoms with Gasteiger partial charge in [0.15, 0.2) is 0 Å². The summed E-state index contributed by atoms with van der Waals surface area (Å²) in [5.74, 6) is 0.723. The molecule has 0 bridgehead atoms. The fourth-order valence-corrected chi connectivity index (χ4v) is 1.67. The average molecular weight is 243 g/mol.